The molecule has 0 radical (unpaired) electrons. The van der Waals surface area contributed by atoms with Crippen LogP contribution in [-0.2, 0) is 27.3 Å². The Morgan fingerprint density at radius 3 is 2.68 bits per heavy atom. The largest absolute Gasteiger partial charge is 0.383 e. The molecule has 0 aliphatic rings. The second-order valence-corrected chi connectivity index (χ2v) is 7.39. The number of amides is 2. The number of aromatic nitrogens is 1. The lowest BCUT2D eigenvalue weighted by atomic mass is 10.1. The fraction of sp³-hybridized carbons (Fsp3) is 0.286. The van der Waals surface area contributed by atoms with Crippen molar-refractivity contribution in [1.82, 2.24) is 4.57 Å². The molecule has 146 valence electrons. The van der Waals surface area contributed by atoms with Gasteiger partial charge in [-0.3, -0.25) is 9.59 Å². The number of hydrogen-bond donors (Lipinski definition) is 1. The molecule has 0 aliphatic carbocycles. The van der Waals surface area contributed by atoms with Crippen molar-refractivity contribution >= 4 is 39.1 Å². The van der Waals surface area contributed by atoms with Gasteiger partial charge in [-0.1, -0.05) is 41.7 Å². The first kappa shape index (κ1) is 20.0. The number of hydrogen-bond acceptors (Lipinski definition) is 4. The van der Waals surface area contributed by atoms with Gasteiger partial charge in [0.05, 0.1) is 16.8 Å². The average molecular weight is 398 g/mol. The first-order valence-corrected chi connectivity index (χ1v) is 9.90. The molecular formula is C21H23N3O3S. The minimum absolute atomic E-state index is 0.121. The fourth-order valence-electron chi connectivity index (χ4n) is 2.90. The number of carbonyl (C=O) groups is 2. The molecule has 0 fully saturated rings. The third-order valence-corrected chi connectivity index (χ3v) is 5.25. The number of methoxy groups -OCH3 is 1. The van der Waals surface area contributed by atoms with Gasteiger partial charge in [0.15, 0.2) is 4.80 Å². The topological polar surface area (TPSA) is 72.7 Å². The quantitative estimate of drug-likeness (QED) is 0.664. The number of carbonyl (C=O) groups excluding carboxylic acids is 2. The van der Waals surface area contributed by atoms with Gasteiger partial charge in [-0.15, -0.1) is 0 Å². The maximum atomic E-state index is 12.4. The molecule has 0 saturated carbocycles. The standard InChI is InChI=1S/C21H23N3O3S/c1-15(25)22-17-9-10-18-19(14-17)28-21(24(18)12-13-27-2)23-20(26)11-8-16-6-4-3-5-7-16/h3-7,9-10,14H,8,11-13H2,1-2H3,(H,22,25)/b23-21-. The Kier molecular flexibility index (Phi) is 6.73. The summed E-state index contributed by atoms with van der Waals surface area (Å²) in [7, 11) is 1.64. The van der Waals surface area contributed by atoms with E-state index in [9.17, 15) is 9.59 Å². The average Bonchev–Trinajstić information content (AvgIpc) is 3.01. The molecule has 7 heteroatoms. The SMILES string of the molecule is COCCn1/c(=N/C(=O)CCc2ccccc2)sc2cc(NC(C)=O)ccc21. The van der Waals surface area contributed by atoms with Crippen LogP contribution >= 0.6 is 11.3 Å². The number of thiazole rings is 1. The van der Waals surface area contributed by atoms with Gasteiger partial charge in [-0.2, -0.15) is 4.99 Å². The van der Waals surface area contributed by atoms with E-state index in [2.05, 4.69) is 10.3 Å². The highest BCUT2D eigenvalue weighted by molar-refractivity contribution is 7.16. The Balaban J connectivity index is 1.89. The zero-order valence-electron chi connectivity index (χ0n) is 16.0. The number of anilines is 1. The molecule has 1 N–H and O–H groups in total. The van der Waals surface area contributed by atoms with Crippen LogP contribution in [0.25, 0.3) is 10.2 Å². The van der Waals surface area contributed by atoms with Gasteiger partial charge in [0.25, 0.3) is 0 Å². The molecule has 0 aliphatic heterocycles. The predicted octanol–water partition coefficient (Wildman–Crippen LogP) is 3.37. The highest BCUT2D eigenvalue weighted by atomic mass is 32.1. The molecule has 2 amide bonds. The maximum absolute atomic E-state index is 12.4. The number of ether oxygens (including phenoxy) is 1. The minimum atomic E-state index is -0.149. The van der Waals surface area contributed by atoms with Gasteiger partial charge in [0, 0.05) is 32.7 Å². The fourth-order valence-corrected chi connectivity index (χ4v) is 4.01. The molecule has 6 nitrogen and oxygen atoms in total. The van der Waals surface area contributed by atoms with Crippen molar-refractivity contribution in [2.24, 2.45) is 4.99 Å². The van der Waals surface area contributed by atoms with Crippen molar-refractivity contribution in [1.29, 1.82) is 0 Å². The second-order valence-electron chi connectivity index (χ2n) is 6.38. The van der Waals surface area contributed by atoms with Gasteiger partial charge in [-0.25, -0.2) is 0 Å². The summed E-state index contributed by atoms with van der Waals surface area (Å²) in [5, 5.41) is 2.78. The lowest BCUT2D eigenvalue weighted by Crippen LogP contribution is -2.19. The summed E-state index contributed by atoms with van der Waals surface area (Å²) >= 11 is 1.43. The van der Waals surface area contributed by atoms with Crippen LogP contribution in [0.5, 0.6) is 0 Å². The van der Waals surface area contributed by atoms with Gasteiger partial charge in [0.1, 0.15) is 0 Å². The van der Waals surface area contributed by atoms with Crippen LogP contribution in [-0.4, -0.2) is 30.1 Å². The molecule has 2 aromatic carbocycles. The molecule has 0 saturated heterocycles. The Bertz CT molecular complexity index is 1040. The number of fused-ring (bicyclic) bond motifs is 1. The maximum Gasteiger partial charge on any atom is 0.248 e. The Morgan fingerprint density at radius 2 is 1.96 bits per heavy atom. The number of nitrogens with zero attached hydrogens (tertiary/aromatic N) is 2. The monoisotopic (exact) mass is 397 g/mol. The zero-order chi connectivity index (χ0) is 19.9. The molecule has 0 atom stereocenters. The molecule has 1 heterocycles. The summed E-state index contributed by atoms with van der Waals surface area (Å²) in [6, 6.07) is 15.6. The number of benzene rings is 2. The smallest absolute Gasteiger partial charge is 0.248 e. The third kappa shape index (κ3) is 5.15. The summed E-state index contributed by atoms with van der Waals surface area (Å²) in [4.78, 5) is 28.7. The van der Waals surface area contributed by atoms with Crippen LogP contribution in [0.2, 0.25) is 0 Å². The highest BCUT2D eigenvalue weighted by Gasteiger charge is 2.09. The van der Waals surface area contributed by atoms with Crippen molar-refractivity contribution in [2.75, 3.05) is 19.0 Å². The summed E-state index contributed by atoms with van der Waals surface area (Å²) in [6.45, 7) is 2.59. The molecule has 3 aromatic rings. The van der Waals surface area contributed by atoms with E-state index in [0.717, 1.165) is 21.5 Å². The summed E-state index contributed by atoms with van der Waals surface area (Å²) in [5.74, 6) is -0.271. The Morgan fingerprint density at radius 1 is 1.18 bits per heavy atom. The van der Waals surface area contributed by atoms with E-state index in [4.69, 9.17) is 4.74 Å². The molecule has 3 rings (SSSR count). The van der Waals surface area contributed by atoms with Crippen LogP contribution in [0.15, 0.2) is 53.5 Å². The zero-order valence-corrected chi connectivity index (χ0v) is 16.8. The molecule has 1 aromatic heterocycles. The molecule has 0 unspecified atom stereocenters. The van der Waals surface area contributed by atoms with Gasteiger partial charge >= 0.3 is 0 Å². The van der Waals surface area contributed by atoms with Gasteiger partial charge in [0.2, 0.25) is 11.8 Å². The molecule has 28 heavy (non-hydrogen) atoms. The van der Waals surface area contributed by atoms with Crippen molar-refractivity contribution < 1.29 is 14.3 Å². The van der Waals surface area contributed by atoms with E-state index in [1.165, 1.54) is 18.3 Å². The first-order chi connectivity index (χ1) is 13.6. The number of nitrogens with one attached hydrogen (secondary N) is 1. The van der Waals surface area contributed by atoms with Gasteiger partial charge < -0.3 is 14.6 Å². The minimum Gasteiger partial charge on any atom is -0.383 e. The second kappa shape index (κ2) is 9.43. The van der Waals surface area contributed by atoms with Crippen LogP contribution in [0.1, 0.15) is 18.9 Å². The van der Waals surface area contributed by atoms with E-state index in [1.807, 2.05) is 53.1 Å². The molecular weight excluding hydrogens is 374 g/mol. The van der Waals surface area contributed by atoms with Crippen molar-refractivity contribution in [3.63, 3.8) is 0 Å². The third-order valence-electron chi connectivity index (χ3n) is 4.21. The summed E-state index contributed by atoms with van der Waals surface area (Å²) in [5.41, 5.74) is 2.81. The van der Waals surface area contributed by atoms with Crippen LogP contribution in [0, 0.1) is 0 Å². The van der Waals surface area contributed by atoms with Crippen LogP contribution in [0.4, 0.5) is 5.69 Å². The Hall–Kier alpha value is -2.77. The Labute approximate surface area is 167 Å². The first-order valence-electron chi connectivity index (χ1n) is 9.08. The summed E-state index contributed by atoms with van der Waals surface area (Å²) in [6.07, 6.45) is 1.03. The lowest BCUT2D eigenvalue weighted by molar-refractivity contribution is -0.118. The van der Waals surface area contributed by atoms with E-state index in [0.29, 0.717) is 30.8 Å². The van der Waals surface area contributed by atoms with Crippen molar-refractivity contribution in [2.45, 2.75) is 26.3 Å². The molecule has 0 bridgehead atoms. The molecule has 0 spiro atoms. The van der Waals surface area contributed by atoms with Crippen molar-refractivity contribution in [3.05, 3.63) is 58.9 Å². The van der Waals surface area contributed by atoms with E-state index < -0.39 is 0 Å². The number of rotatable bonds is 7. The van der Waals surface area contributed by atoms with E-state index in [-0.39, 0.29) is 11.8 Å². The van der Waals surface area contributed by atoms with Crippen LogP contribution < -0.4 is 10.1 Å². The van der Waals surface area contributed by atoms with Gasteiger partial charge in [-0.05, 0) is 30.2 Å². The highest BCUT2D eigenvalue weighted by Crippen LogP contribution is 2.22. The summed E-state index contributed by atoms with van der Waals surface area (Å²) < 4.78 is 8.15. The van der Waals surface area contributed by atoms with E-state index >= 15 is 0 Å². The van der Waals surface area contributed by atoms with E-state index in [1.54, 1.807) is 7.11 Å². The normalized spacial score (nSPS) is 11.7. The number of aryl methyl sites for hydroxylation is 1. The van der Waals surface area contributed by atoms with Crippen molar-refractivity contribution in [3.8, 4) is 0 Å². The van der Waals surface area contributed by atoms with Crippen LogP contribution in [0.3, 0.4) is 0 Å². The predicted molar refractivity (Wildman–Crippen MR) is 111 cm³/mol. The lowest BCUT2D eigenvalue weighted by Gasteiger charge is -2.05.